The largest absolute Gasteiger partial charge is 0.478 e. The molecule has 0 fully saturated rings. The number of hydrogen-bond acceptors (Lipinski definition) is 7. The van der Waals surface area contributed by atoms with Crippen LogP contribution in [0.5, 0.6) is 11.6 Å². The van der Waals surface area contributed by atoms with Crippen LogP contribution >= 0.6 is 23.2 Å². The van der Waals surface area contributed by atoms with Crippen LogP contribution in [0.25, 0.3) is 11.0 Å². The lowest BCUT2D eigenvalue weighted by Crippen LogP contribution is -2.17. The molecule has 0 aromatic carbocycles. The van der Waals surface area contributed by atoms with Crippen LogP contribution in [0, 0.1) is 0 Å². The van der Waals surface area contributed by atoms with Crippen LogP contribution < -0.4 is 14.8 Å². The van der Waals surface area contributed by atoms with Gasteiger partial charge in [-0.05, 0) is 6.07 Å². The number of methoxy groups -OCH3 is 1. The predicted molar refractivity (Wildman–Crippen MR) is 94.5 cm³/mol. The summed E-state index contributed by atoms with van der Waals surface area (Å²) in [6.45, 7) is 1.35. The van der Waals surface area contributed by atoms with Crippen molar-refractivity contribution in [3.05, 3.63) is 40.5 Å². The number of rotatable bonds is 4. The van der Waals surface area contributed by atoms with E-state index in [0.29, 0.717) is 5.39 Å². The normalized spacial score (nSPS) is 10.6. The Morgan fingerprint density at radius 1 is 1.19 bits per heavy atom. The highest BCUT2D eigenvalue weighted by molar-refractivity contribution is 6.39. The van der Waals surface area contributed by atoms with Crippen molar-refractivity contribution in [2.24, 2.45) is 0 Å². The van der Waals surface area contributed by atoms with Gasteiger partial charge in [0.2, 0.25) is 5.58 Å². The van der Waals surface area contributed by atoms with Crippen molar-refractivity contribution in [3.63, 3.8) is 0 Å². The summed E-state index contributed by atoms with van der Waals surface area (Å²) in [6, 6.07) is 1.44. The molecule has 0 bridgehead atoms. The molecule has 1 N–H and O–H groups in total. The zero-order valence-electron chi connectivity index (χ0n) is 13.5. The number of amides is 1. The minimum Gasteiger partial charge on any atom is -0.478 e. The highest BCUT2D eigenvalue weighted by Gasteiger charge is 2.20. The summed E-state index contributed by atoms with van der Waals surface area (Å²) in [7, 11) is 1.40. The number of ketones is 1. The molecule has 3 heterocycles. The summed E-state index contributed by atoms with van der Waals surface area (Å²) in [5.41, 5.74) is 0.339. The van der Waals surface area contributed by atoms with Crippen LogP contribution in [0.15, 0.2) is 29.1 Å². The van der Waals surface area contributed by atoms with Crippen LogP contribution in [-0.2, 0) is 0 Å². The lowest BCUT2D eigenvalue weighted by molar-refractivity contribution is 0.0989. The Kier molecular flexibility index (Phi) is 4.97. The first kappa shape index (κ1) is 18.0. The maximum atomic E-state index is 12.2. The van der Waals surface area contributed by atoms with Crippen LogP contribution in [0.3, 0.4) is 0 Å². The quantitative estimate of drug-likeness (QED) is 0.654. The van der Waals surface area contributed by atoms with Gasteiger partial charge in [0.05, 0.1) is 34.4 Å². The molecule has 134 valence electrons. The molecule has 3 rings (SSSR count). The standard InChI is InChI=1S/C16H11Cl2N3O5/c1-7(22)11-3-8-12(6-20-15(24-2)14(8)25-11)26-16(23)21-13-9(17)4-19-5-10(13)18/h3-6H,1-2H3,(H,19,21,23). The molecular formula is C16H11Cl2N3O5. The average Bonchev–Trinajstić information content (AvgIpc) is 3.05. The number of fused-ring (bicyclic) bond motifs is 1. The molecule has 0 aliphatic carbocycles. The molecule has 0 unspecified atom stereocenters. The van der Waals surface area contributed by atoms with Crippen LogP contribution in [0.4, 0.5) is 10.5 Å². The Morgan fingerprint density at radius 3 is 2.50 bits per heavy atom. The Hall–Kier alpha value is -2.84. The third-order valence-electron chi connectivity index (χ3n) is 3.31. The van der Waals surface area contributed by atoms with Gasteiger partial charge in [0.1, 0.15) is 0 Å². The molecule has 0 spiro atoms. The van der Waals surface area contributed by atoms with Gasteiger partial charge in [-0.2, -0.15) is 0 Å². The van der Waals surface area contributed by atoms with Crippen molar-refractivity contribution in [2.45, 2.75) is 6.92 Å². The van der Waals surface area contributed by atoms with Gasteiger partial charge < -0.3 is 13.9 Å². The van der Waals surface area contributed by atoms with Gasteiger partial charge in [0, 0.05) is 19.3 Å². The molecule has 3 aromatic heterocycles. The third-order valence-corrected chi connectivity index (χ3v) is 3.89. The molecule has 1 amide bonds. The number of Topliss-reactive ketones (excluding diaryl/α,β-unsaturated/α-hetero) is 1. The average molecular weight is 396 g/mol. The Balaban J connectivity index is 1.93. The number of nitrogens with zero attached hydrogens (tertiary/aromatic N) is 2. The second kappa shape index (κ2) is 7.19. The fraction of sp³-hybridized carbons (Fsp3) is 0.125. The van der Waals surface area contributed by atoms with Crippen molar-refractivity contribution in [1.82, 2.24) is 9.97 Å². The number of carbonyl (C=O) groups is 2. The van der Waals surface area contributed by atoms with E-state index in [0.717, 1.165) is 0 Å². The summed E-state index contributed by atoms with van der Waals surface area (Å²) >= 11 is 11.9. The van der Waals surface area contributed by atoms with Crippen LogP contribution in [0.1, 0.15) is 17.5 Å². The molecule has 0 saturated heterocycles. The first-order chi connectivity index (χ1) is 12.4. The van der Waals surface area contributed by atoms with Gasteiger partial charge in [0.25, 0.3) is 5.88 Å². The Labute approximate surface area is 157 Å². The number of anilines is 1. The minimum absolute atomic E-state index is 0.0656. The highest BCUT2D eigenvalue weighted by atomic mass is 35.5. The van der Waals surface area contributed by atoms with Crippen LogP contribution in [-0.4, -0.2) is 29.0 Å². The van der Waals surface area contributed by atoms with E-state index in [1.54, 1.807) is 0 Å². The van der Waals surface area contributed by atoms with Gasteiger partial charge in [-0.1, -0.05) is 23.2 Å². The van der Waals surface area contributed by atoms with Crippen LogP contribution in [0.2, 0.25) is 10.0 Å². The second-order valence-electron chi connectivity index (χ2n) is 5.03. The number of halogens is 2. The summed E-state index contributed by atoms with van der Waals surface area (Å²) in [5, 5.41) is 3.07. The van der Waals surface area contributed by atoms with Crippen molar-refractivity contribution >= 4 is 51.7 Å². The molecule has 0 atom stereocenters. The van der Waals surface area contributed by atoms with Gasteiger partial charge in [-0.3, -0.25) is 15.1 Å². The zero-order valence-corrected chi connectivity index (χ0v) is 15.0. The maximum Gasteiger partial charge on any atom is 0.417 e. The number of furan rings is 1. The SMILES string of the molecule is COc1ncc(OC(=O)Nc2c(Cl)cncc2Cl)c2cc(C(C)=O)oc12. The number of aromatic nitrogens is 2. The maximum absolute atomic E-state index is 12.2. The summed E-state index contributed by atoms with van der Waals surface area (Å²) < 4.78 is 15.8. The molecule has 3 aromatic rings. The molecule has 0 radical (unpaired) electrons. The molecule has 0 saturated carbocycles. The molecular weight excluding hydrogens is 385 g/mol. The topological polar surface area (TPSA) is 104 Å². The Morgan fingerprint density at radius 2 is 1.88 bits per heavy atom. The molecule has 10 heteroatoms. The second-order valence-corrected chi connectivity index (χ2v) is 5.85. The molecule has 26 heavy (non-hydrogen) atoms. The van der Waals surface area contributed by atoms with E-state index in [1.807, 2.05) is 0 Å². The van der Waals surface area contributed by atoms with Crippen molar-refractivity contribution in [3.8, 4) is 11.6 Å². The van der Waals surface area contributed by atoms with E-state index in [-0.39, 0.29) is 44.5 Å². The Bertz CT molecular complexity index is 998. The summed E-state index contributed by atoms with van der Waals surface area (Å²) in [6.07, 6.45) is 3.06. The van der Waals surface area contributed by atoms with Crippen molar-refractivity contribution in [1.29, 1.82) is 0 Å². The third kappa shape index (κ3) is 3.42. The van der Waals surface area contributed by atoms with Gasteiger partial charge in [-0.15, -0.1) is 0 Å². The number of hydrogen-bond donors (Lipinski definition) is 1. The number of carbonyl (C=O) groups excluding carboxylic acids is 2. The van der Waals surface area contributed by atoms with E-state index in [9.17, 15) is 9.59 Å². The fourth-order valence-corrected chi connectivity index (χ4v) is 2.60. The minimum atomic E-state index is -0.862. The lowest BCUT2D eigenvalue weighted by atomic mass is 10.2. The summed E-state index contributed by atoms with van der Waals surface area (Å²) in [5.74, 6) is 0.00196. The lowest BCUT2D eigenvalue weighted by Gasteiger charge is -2.10. The monoisotopic (exact) mass is 395 g/mol. The van der Waals surface area contributed by atoms with E-state index in [1.165, 1.54) is 38.7 Å². The summed E-state index contributed by atoms with van der Waals surface area (Å²) in [4.78, 5) is 31.5. The van der Waals surface area contributed by atoms with E-state index in [4.69, 9.17) is 37.1 Å². The van der Waals surface area contributed by atoms with Gasteiger partial charge in [-0.25, -0.2) is 9.78 Å². The zero-order chi connectivity index (χ0) is 18.8. The smallest absolute Gasteiger partial charge is 0.417 e. The predicted octanol–water partition coefficient (Wildman–Crippen LogP) is 4.35. The van der Waals surface area contributed by atoms with Crippen molar-refractivity contribution in [2.75, 3.05) is 12.4 Å². The van der Waals surface area contributed by atoms with E-state index < -0.39 is 6.09 Å². The van der Waals surface area contributed by atoms with E-state index in [2.05, 4.69) is 15.3 Å². The number of pyridine rings is 2. The molecule has 8 nitrogen and oxygen atoms in total. The highest BCUT2D eigenvalue weighted by Crippen LogP contribution is 2.34. The van der Waals surface area contributed by atoms with Crippen molar-refractivity contribution < 1.29 is 23.5 Å². The first-order valence-electron chi connectivity index (χ1n) is 7.16. The number of ether oxygens (including phenoxy) is 2. The fourth-order valence-electron chi connectivity index (χ4n) is 2.14. The van der Waals surface area contributed by atoms with Gasteiger partial charge >= 0.3 is 6.09 Å². The van der Waals surface area contributed by atoms with Gasteiger partial charge in [0.15, 0.2) is 17.3 Å². The number of nitrogens with one attached hydrogen (secondary N) is 1. The molecule has 0 aliphatic heterocycles. The molecule has 0 aliphatic rings. The van der Waals surface area contributed by atoms with E-state index >= 15 is 0 Å². The first-order valence-corrected chi connectivity index (χ1v) is 7.91.